The van der Waals surface area contributed by atoms with Crippen LogP contribution < -0.4 is 20.1 Å². The summed E-state index contributed by atoms with van der Waals surface area (Å²) in [7, 11) is 4.53. The number of nitro benzene ring substituents is 1. The number of non-ortho nitro benzene ring substituents is 1. The highest BCUT2D eigenvalue weighted by atomic mass is 79.9. The standard InChI is InChI=1S/C21H26N4O4S.C20H19BrN6O3.C16H14N4O4S/c1-6-25(7-2)20-13-18(22-15-26-4)19(14-21(20)27-5)24-23-16-9-11-17(12-10-16)30-29-28-8-3;1-4-26(5-2)15-7-8-18(19(11-15)23-13-30-6-3)24-25-20-14(12-22)9-16(27(28)29)10-17(20)21;1-4-23-24-25-12-7-5-11(6-8-12)18-19-14-10(2)13(9-17)15(21)20(3)16(14)22/h8-15H,3,6-7H2,1-2,4-5H3;6-11,13H,3-5H2,1-2H3;4-8,21H,1H2,2-3H3. The number of pyridine rings is 1. The molecule has 6 aromatic rings. The highest BCUT2D eigenvalue weighted by molar-refractivity contribution is 9.10. The third kappa shape index (κ3) is 20.0. The van der Waals surface area contributed by atoms with Gasteiger partial charge in [-0.05, 0) is 123 Å². The van der Waals surface area contributed by atoms with Gasteiger partial charge in [-0.1, -0.05) is 19.7 Å². The van der Waals surface area contributed by atoms with E-state index in [0.717, 1.165) is 88.3 Å². The van der Waals surface area contributed by atoms with E-state index in [1.807, 2.05) is 60.7 Å². The summed E-state index contributed by atoms with van der Waals surface area (Å²) in [5.74, 6) is 0.308. The fourth-order valence-electron chi connectivity index (χ4n) is 7.06. The quantitative estimate of drug-likeness (QED) is 0.00576. The largest absolute Gasteiger partial charge is 0.494 e. The van der Waals surface area contributed by atoms with Gasteiger partial charge in [0.2, 0.25) is 5.88 Å². The van der Waals surface area contributed by atoms with Crippen molar-refractivity contribution in [3.63, 3.8) is 0 Å². The smallest absolute Gasteiger partial charge is 0.281 e. The predicted molar refractivity (Wildman–Crippen MR) is 331 cm³/mol. The Bertz CT molecular complexity index is 3560. The lowest BCUT2D eigenvalue weighted by molar-refractivity contribution is -0.384. The molecule has 85 heavy (non-hydrogen) atoms. The van der Waals surface area contributed by atoms with Crippen molar-refractivity contribution in [2.75, 3.05) is 50.2 Å². The van der Waals surface area contributed by atoms with Crippen LogP contribution >= 0.6 is 40.0 Å². The number of benzene rings is 5. The summed E-state index contributed by atoms with van der Waals surface area (Å²) < 4.78 is 26.4. The van der Waals surface area contributed by atoms with Crippen molar-refractivity contribution in [2.24, 2.45) is 47.7 Å². The molecule has 0 saturated heterocycles. The molecule has 28 heteroatoms. The molecule has 5 aromatic carbocycles. The van der Waals surface area contributed by atoms with E-state index in [-0.39, 0.29) is 38.2 Å². The van der Waals surface area contributed by atoms with Gasteiger partial charge in [-0.3, -0.25) is 19.5 Å². The Morgan fingerprint density at radius 1 is 0.706 bits per heavy atom. The molecule has 0 aliphatic rings. The van der Waals surface area contributed by atoms with E-state index in [1.165, 1.54) is 45.4 Å². The maximum Gasteiger partial charge on any atom is 0.281 e. The van der Waals surface area contributed by atoms with Gasteiger partial charge in [-0.15, -0.1) is 29.1 Å². The number of ether oxygens (including phenoxy) is 3. The summed E-state index contributed by atoms with van der Waals surface area (Å²) in [6, 6.07) is 29.6. The summed E-state index contributed by atoms with van der Waals surface area (Å²) >= 11 is 5.29. The lowest BCUT2D eigenvalue weighted by Crippen LogP contribution is -2.22. The van der Waals surface area contributed by atoms with E-state index in [9.17, 15) is 25.3 Å². The Hall–Kier alpha value is -9.71. The monoisotopic (exact) mass is 1260 g/mol. The molecule has 0 bridgehead atoms. The zero-order valence-corrected chi connectivity index (χ0v) is 50.7. The summed E-state index contributed by atoms with van der Waals surface area (Å²) in [4.78, 5) is 46.4. The summed E-state index contributed by atoms with van der Waals surface area (Å²) in [5, 5.41) is 64.3. The van der Waals surface area contributed by atoms with E-state index >= 15 is 0 Å². The van der Waals surface area contributed by atoms with E-state index in [4.69, 9.17) is 28.1 Å². The second-order valence-electron chi connectivity index (χ2n) is 16.3. The van der Waals surface area contributed by atoms with E-state index < -0.39 is 16.4 Å². The van der Waals surface area contributed by atoms with Crippen molar-refractivity contribution in [3.05, 3.63) is 171 Å². The van der Waals surface area contributed by atoms with Gasteiger partial charge < -0.3 is 38.9 Å². The highest BCUT2D eigenvalue weighted by Gasteiger charge is 2.19. The SMILES string of the molecule is C=COC=Nc1cc(N(CC)CC)ccc1N=Nc1c(Br)cc([N+](=O)[O-])cc1C#N.C=COOSc1ccc(N=Nc2c(C)c(C#N)c(O)n(C)c2=O)cc1.C=COOSc1ccc(N=Nc2cc(OC)c(N(CC)CC)cc2N=COC)cc1. The molecule has 0 spiro atoms. The molecule has 25 nitrogen and oxygen atoms in total. The summed E-state index contributed by atoms with van der Waals surface area (Å²) in [5.41, 5.74) is 4.93. The molecule has 0 aliphatic carbocycles. The number of nitro groups is 1. The molecule has 1 N–H and O–H groups in total. The number of aliphatic imine (C=N–C) groups is 2. The zero-order chi connectivity index (χ0) is 62.3. The van der Waals surface area contributed by atoms with Crippen molar-refractivity contribution in [1.82, 2.24) is 4.57 Å². The lowest BCUT2D eigenvalue weighted by atomic mass is 10.1. The predicted octanol–water partition coefficient (Wildman–Crippen LogP) is 16.5. The molecule has 6 rings (SSSR count). The number of aromatic nitrogens is 1. The number of nitriles is 2. The average Bonchev–Trinajstić information content (AvgIpc) is 3.71. The van der Waals surface area contributed by atoms with Crippen LogP contribution in [0.2, 0.25) is 0 Å². The molecule has 0 fully saturated rings. The first-order valence-electron chi connectivity index (χ1n) is 25.2. The molecule has 1 heterocycles. The number of hydrogen-bond donors (Lipinski definition) is 1. The Labute approximate surface area is 507 Å². The van der Waals surface area contributed by atoms with Crippen LogP contribution in [0.4, 0.5) is 62.6 Å². The van der Waals surface area contributed by atoms with Gasteiger partial charge in [0.1, 0.15) is 53.0 Å². The fourth-order valence-corrected chi connectivity index (χ4v) is 8.43. The summed E-state index contributed by atoms with van der Waals surface area (Å²) in [6.45, 7) is 23.4. The number of hydrogen-bond acceptors (Lipinski definition) is 25. The van der Waals surface area contributed by atoms with Crippen LogP contribution in [-0.2, 0) is 35.0 Å². The number of methoxy groups -OCH3 is 2. The third-order valence-corrected chi connectivity index (χ3v) is 13.2. The van der Waals surface area contributed by atoms with E-state index in [1.54, 1.807) is 44.6 Å². The molecule has 0 saturated carbocycles. The van der Waals surface area contributed by atoms with Crippen molar-refractivity contribution in [3.8, 4) is 23.8 Å². The van der Waals surface area contributed by atoms with Crippen molar-refractivity contribution in [1.29, 1.82) is 10.5 Å². The van der Waals surface area contributed by atoms with Gasteiger partial charge >= 0.3 is 0 Å². The average molecular weight is 1260 g/mol. The molecule has 0 amide bonds. The van der Waals surface area contributed by atoms with Crippen molar-refractivity contribution < 1.29 is 42.7 Å². The molecule has 442 valence electrons. The first-order chi connectivity index (χ1) is 41.1. The molecule has 0 unspecified atom stereocenters. The van der Waals surface area contributed by atoms with Crippen LogP contribution in [0, 0.1) is 39.7 Å². The number of anilines is 2. The van der Waals surface area contributed by atoms with Crippen LogP contribution in [-0.4, -0.2) is 67.8 Å². The number of nitrogens with zero attached hydrogens (tertiary/aromatic N) is 14. The van der Waals surface area contributed by atoms with Gasteiger partial charge in [0.05, 0.1) is 88.0 Å². The van der Waals surface area contributed by atoms with Crippen LogP contribution in [0.1, 0.15) is 44.4 Å². The maximum absolute atomic E-state index is 12.2. The number of rotatable bonds is 27. The maximum atomic E-state index is 12.2. The van der Waals surface area contributed by atoms with Crippen LogP contribution in [0.25, 0.3) is 0 Å². The Kier molecular flexibility index (Phi) is 28.7. The van der Waals surface area contributed by atoms with Gasteiger partial charge in [-0.25, -0.2) is 9.98 Å². The second kappa shape index (κ2) is 36.0. The Morgan fingerprint density at radius 3 is 1.78 bits per heavy atom. The van der Waals surface area contributed by atoms with Gasteiger partial charge in [0.15, 0.2) is 18.5 Å². The van der Waals surface area contributed by atoms with Crippen LogP contribution in [0.3, 0.4) is 0 Å². The normalized spacial score (nSPS) is 10.9. The number of halogens is 1. The first-order valence-corrected chi connectivity index (χ1v) is 27.5. The second-order valence-corrected chi connectivity index (χ2v) is 18.7. The molecule has 1 aromatic heterocycles. The van der Waals surface area contributed by atoms with Crippen LogP contribution in [0.5, 0.6) is 11.6 Å². The lowest BCUT2D eigenvalue weighted by Gasteiger charge is -2.24. The van der Waals surface area contributed by atoms with Crippen LogP contribution in [0.15, 0.2) is 189 Å². The van der Waals surface area contributed by atoms with Gasteiger partial charge in [-0.2, -0.15) is 20.8 Å². The molecule has 0 aliphatic heterocycles. The highest BCUT2D eigenvalue weighted by Crippen LogP contribution is 2.42. The molecule has 0 atom stereocenters. The van der Waals surface area contributed by atoms with Gasteiger partial charge in [0, 0.05) is 72.5 Å². The minimum absolute atomic E-state index is 0.00184. The molecule has 0 radical (unpaired) electrons. The van der Waals surface area contributed by atoms with Gasteiger partial charge in [0.25, 0.3) is 11.2 Å². The third-order valence-electron chi connectivity index (χ3n) is 11.3. The minimum atomic E-state index is -0.578. The minimum Gasteiger partial charge on any atom is -0.494 e. The molecular weight excluding hydrogens is 1200 g/mol. The first kappa shape index (κ1) is 67.8. The van der Waals surface area contributed by atoms with E-state index in [2.05, 4.69) is 124 Å². The number of azo groups is 3. The van der Waals surface area contributed by atoms with Crippen molar-refractivity contribution >= 4 is 115 Å². The fraction of sp³-hybridized carbons (Fsp3) is 0.211. The van der Waals surface area contributed by atoms with Crippen molar-refractivity contribution in [2.45, 2.75) is 44.4 Å². The van der Waals surface area contributed by atoms with E-state index in [0.29, 0.717) is 39.9 Å². The topological polar surface area (TPSA) is 303 Å². The zero-order valence-electron chi connectivity index (χ0n) is 47.5. The Morgan fingerprint density at radius 2 is 1.26 bits per heavy atom. The summed E-state index contributed by atoms with van der Waals surface area (Å²) in [6.07, 6.45) is 6.21. The Balaban J connectivity index is 0.000000275. The molecular formula is C57H59BrN14O11S2. The number of aromatic hydroxyl groups is 1.